The Morgan fingerprint density at radius 3 is 2.23 bits per heavy atom. The Hall–Kier alpha value is -4.15. The number of likely N-dealkylation sites (tertiary alicyclic amines) is 1. The van der Waals surface area contributed by atoms with Gasteiger partial charge in [0.15, 0.2) is 0 Å². The number of urea groups is 1. The molecule has 0 spiro atoms. The van der Waals surface area contributed by atoms with Gasteiger partial charge in [-0.15, -0.1) is 0 Å². The molecule has 0 radical (unpaired) electrons. The average molecular weight is 537 g/mol. The van der Waals surface area contributed by atoms with Gasteiger partial charge in [0.2, 0.25) is 5.91 Å². The van der Waals surface area contributed by atoms with E-state index in [4.69, 9.17) is 9.72 Å². The smallest absolute Gasteiger partial charge is 0.409 e. The van der Waals surface area contributed by atoms with E-state index >= 15 is 0 Å². The van der Waals surface area contributed by atoms with E-state index in [9.17, 15) is 19.2 Å². The maximum absolute atomic E-state index is 13.5. The van der Waals surface area contributed by atoms with Gasteiger partial charge in [-0.25, -0.2) is 9.59 Å². The van der Waals surface area contributed by atoms with Crippen LogP contribution in [0.4, 0.5) is 15.3 Å². The van der Waals surface area contributed by atoms with E-state index in [-0.39, 0.29) is 30.4 Å². The largest absolute Gasteiger partial charge is 0.450 e. The highest BCUT2D eigenvalue weighted by molar-refractivity contribution is 5.96. The van der Waals surface area contributed by atoms with Crippen LogP contribution in [0.3, 0.4) is 0 Å². The lowest BCUT2D eigenvalue weighted by molar-refractivity contribution is -0.131. The molecule has 0 atom stereocenters. The number of piperidine rings is 1. The molecule has 39 heavy (non-hydrogen) atoms. The van der Waals surface area contributed by atoms with E-state index in [2.05, 4.69) is 10.6 Å². The summed E-state index contributed by atoms with van der Waals surface area (Å²) in [5.41, 5.74) is 2.83. The van der Waals surface area contributed by atoms with Crippen LogP contribution in [-0.4, -0.2) is 96.0 Å². The minimum atomic E-state index is -0.431. The standard InChI is InChI=1S/C28H36N6O5/c1-3-39-28(38)34-17-15-33(16-18-34)26(36)23-10-9-20(2)30-25(23)21-11-13-32(14-12-21)24(35)19-29-27(37)31-22-7-5-4-6-8-22/h4-10,21H,3,11-19H2,1-2H3,(H2,29,31,37). The summed E-state index contributed by atoms with van der Waals surface area (Å²) in [5.74, 6) is -0.194. The SMILES string of the molecule is CCOC(=O)N1CCN(C(=O)c2ccc(C)nc2C2CCN(C(=O)CNC(=O)Nc3ccccc3)CC2)CC1. The number of benzene rings is 1. The summed E-state index contributed by atoms with van der Waals surface area (Å²) in [6.45, 7) is 6.67. The highest BCUT2D eigenvalue weighted by Crippen LogP contribution is 2.30. The molecule has 5 amide bonds. The number of piperazine rings is 1. The summed E-state index contributed by atoms with van der Waals surface area (Å²) in [5, 5.41) is 5.32. The van der Waals surface area contributed by atoms with Crippen LogP contribution in [0.1, 0.15) is 47.4 Å². The van der Waals surface area contributed by atoms with Gasteiger partial charge in [-0.1, -0.05) is 18.2 Å². The van der Waals surface area contributed by atoms with Crippen molar-refractivity contribution in [3.8, 4) is 0 Å². The van der Waals surface area contributed by atoms with Gasteiger partial charge in [-0.05, 0) is 51.0 Å². The molecule has 4 rings (SSSR count). The number of carbonyl (C=O) groups excluding carboxylic acids is 4. The van der Waals surface area contributed by atoms with Crippen LogP contribution >= 0.6 is 0 Å². The summed E-state index contributed by atoms with van der Waals surface area (Å²) < 4.78 is 5.07. The Morgan fingerprint density at radius 2 is 1.56 bits per heavy atom. The van der Waals surface area contributed by atoms with Crippen molar-refractivity contribution in [3.63, 3.8) is 0 Å². The fourth-order valence-corrected chi connectivity index (χ4v) is 4.91. The number of rotatable bonds is 6. The minimum absolute atomic E-state index is 0.0445. The fraction of sp³-hybridized carbons (Fsp3) is 0.464. The summed E-state index contributed by atoms with van der Waals surface area (Å²) in [6.07, 6.45) is 1.00. The highest BCUT2D eigenvalue weighted by atomic mass is 16.6. The van der Waals surface area contributed by atoms with Crippen molar-refractivity contribution in [1.82, 2.24) is 25.0 Å². The van der Waals surface area contributed by atoms with E-state index in [1.165, 1.54) is 0 Å². The number of amides is 5. The summed E-state index contributed by atoms with van der Waals surface area (Å²) in [4.78, 5) is 60.2. The molecule has 2 saturated heterocycles. The lowest BCUT2D eigenvalue weighted by Gasteiger charge is -2.35. The van der Waals surface area contributed by atoms with E-state index in [0.29, 0.717) is 70.0 Å². The number of hydrogen-bond acceptors (Lipinski definition) is 6. The lowest BCUT2D eigenvalue weighted by Crippen LogP contribution is -2.51. The Balaban J connectivity index is 1.31. The zero-order valence-electron chi connectivity index (χ0n) is 22.5. The molecule has 2 N–H and O–H groups in total. The summed E-state index contributed by atoms with van der Waals surface area (Å²) in [6, 6.07) is 12.3. The van der Waals surface area contributed by atoms with Gasteiger partial charge in [-0.2, -0.15) is 0 Å². The number of para-hydroxylation sites is 1. The first-order valence-electron chi connectivity index (χ1n) is 13.4. The number of nitrogens with zero attached hydrogens (tertiary/aromatic N) is 4. The van der Waals surface area contributed by atoms with Crippen molar-refractivity contribution in [3.05, 3.63) is 59.4 Å². The molecule has 11 nitrogen and oxygen atoms in total. The molecule has 3 heterocycles. The third-order valence-electron chi connectivity index (χ3n) is 7.05. The molecular formula is C28H36N6O5. The van der Waals surface area contributed by atoms with E-state index < -0.39 is 6.03 Å². The number of carbonyl (C=O) groups is 4. The fourth-order valence-electron chi connectivity index (χ4n) is 4.91. The van der Waals surface area contributed by atoms with Crippen molar-refractivity contribution in [2.24, 2.45) is 0 Å². The van der Waals surface area contributed by atoms with Crippen LogP contribution in [0, 0.1) is 6.92 Å². The van der Waals surface area contributed by atoms with Gasteiger partial charge >= 0.3 is 12.1 Å². The Morgan fingerprint density at radius 1 is 0.897 bits per heavy atom. The second-order valence-corrected chi connectivity index (χ2v) is 9.69. The van der Waals surface area contributed by atoms with Crippen LogP contribution in [0.15, 0.2) is 42.5 Å². The second kappa shape index (κ2) is 13.1. The molecule has 2 aliphatic heterocycles. The Kier molecular flexibility index (Phi) is 9.35. The number of aryl methyl sites for hydroxylation is 1. The van der Waals surface area contributed by atoms with Crippen LogP contribution in [-0.2, 0) is 9.53 Å². The van der Waals surface area contributed by atoms with Crippen LogP contribution in [0.5, 0.6) is 0 Å². The highest BCUT2D eigenvalue weighted by Gasteiger charge is 2.31. The first-order chi connectivity index (χ1) is 18.9. The number of aromatic nitrogens is 1. The van der Waals surface area contributed by atoms with Gasteiger partial charge in [0.1, 0.15) is 0 Å². The monoisotopic (exact) mass is 536 g/mol. The first kappa shape index (κ1) is 27.9. The molecule has 0 aliphatic carbocycles. The maximum Gasteiger partial charge on any atom is 0.409 e. The molecular weight excluding hydrogens is 500 g/mol. The molecule has 0 unspecified atom stereocenters. The lowest BCUT2D eigenvalue weighted by atomic mass is 9.89. The van der Waals surface area contributed by atoms with Crippen LogP contribution < -0.4 is 10.6 Å². The van der Waals surface area contributed by atoms with Crippen LogP contribution in [0.2, 0.25) is 0 Å². The second-order valence-electron chi connectivity index (χ2n) is 9.69. The number of nitrogens with one attached hydrogen (secondary N) is 2. The topological polar surface area (TPSA) is 124 Å². The number of anilines is 1. The van der Waals surface area contributed by atoms with E-state index in [0.717, 1.165) is 11.4 Å². The molecule has 2 aliphatic rings. The van der Waals surface area contributed by atoms with Crippen LogP contribution in [0.25, 0.3) is 0 Å². The van der Waals surface area contributed by atoms with Gasteiger partial charge < -0.3 is 30.1 Å². The molecule has 0 saturated carbocycles. The minimum Gasteiger partial charge on any atom is -0.450 e. The normalized spacial score (nSPS) is 16.0. The number of pyridine rings is 1. The first-order valence-corrected chi connectivity index (χ1v) is 13.4. The molecule has 208 valence electrons. The third kappa shape index (κ3) is 7.24. The van der Waals surface area contributed by atoms with Crippen molar-refractivity contribution in [1.29, 1.82) is 0 Å². The Labute approximate surface area is 228 Å². The molecule has 2 aromatic rings. The van der Waals surface area contributed by atoms with Crippen molar-refractivity contribution < 1.29 is 23.9 Å². The quantitative estimate of drug-likeness (QED) is 0.585. The zero-order valence-corrected chi connectivity index (χ0v) is 22.5. The molecule has 1 aromatic heterocycles. The van der Waals surface area contributed by atoms with Crippen molar-refractivity contribution in [2.75, 3.05) is 57.7 Å². The van der Waals surface area contributed by atoms with Gasteiger partial charge in [0, 0.05) is 56.6 Å². The van der Waals surface area contributed by atoms with E-state index in [1.54, 1.807) is 33.8 Å². The average Bonchev–Trinajstić information content (AvgIpc) is 2.96. The number of hydrogen-bond donors (Lipinski definition) is 2. The third-order valence-corrected chi connectivity index (χ3v) is 7.05. The maximum atomic E-state index is 13.5. The van der Waals surface area contributed by atoms with Crippen molar-refractivity contribution >= 4 is 29.6 Å². The molecule has 11 heteroatoms. The Bertz CT molecular complexity index is 1170. The molecule has 2 fully saturated rings. The number of ether oxygens (including phenoxy) is 1. The van der Waals surface area contributed by atoms with Gasteiger partial charge in [0.05, 0.1) is 24.4 Å². The van der Waals surface area contributed by atoms with Gasteiger partial charge in [0.25, 0.3) is 5.91 Å². The molecule has 0 bridgehead atoms. The predicted molar refractivity (Wildman–Crippen MR) is 145 cm³/mol. The summed E-state index contributed by atoms with van der Waals surface area (Å²) in [7, 11) is 0. The van der Waals surface area contributed by atoms with Gasteiger partial charge in [-0.3, -0.25) is 14.6 Å². The molecule has 1 aromatic carbocycles. The summed E-state index contributed by atoms with van der Waals surface area (Å²) >= 11 is 0. The zero-order chi connectivity index (χ0) is 27.8. The van der Waals surface area contributed by atoms with E-state index in [1.807, 2.05) is 37.3 Å². The van der Waals surface area contributed by atoms with Crippen molar-refractivity contribution in [2.45, 2.75) is 32.6 Å². The predicted octanol–water partition coefficient (Wildman–Crippen LogP) is 2.83.